The van der Waals surface area contributed by atoms with E-state index in [4.69, 9.17) is 15.5 Å². The zero-order chi connectivity index (χ0) is 12.0. The van der Waals surface area contributed by atoms with E-state index in [-0.39, 0.29) is 29.8 Å². The summed E-state index contributed by atoms with van der Waals surface area (Å²) >= 11 is 0. The highest BCUT2D eigenvalue weighted by Gasteiger charge is 2.40. The van der Waals surface area contributed by atoms with Gasteiger partial charge in [-0.15, -0.1) is 0 Å². The Labute approximate surface area is 96.4 Å². The summed E-state index contributed by atoms with van der Waals surface area (Å²) in [5.41, 5.74) is 5.55. The van der Waals surface area contributed by atoms with Crippen LogP contribution in [0.15, 0.2) is 4.79 Å². The van der Waals surface area contributed by atoms with Crippen LogP contribution in [-0.4, -0.2) is 34.8 Å². The highest BCUT2D eigenvalue weighted by Crippen LogP contribution is 2.27. The van der Waals surface area contributed by atoms with Crippen LogP contribution >= 0.6 is 0 Å². The molecule has 1 fully saturated rings. The molecule has 0 bridgehead atoms. The number of nitrogens with two attached hydrogens (primary N) is 1. The average molecular weight is 239 g/mol. The van der Waals surface area contributed by atoms with Gasteiger partial charge in [0, 0.05) is 6.54 Å². The second-order valence-electron chi connectivity index (χ2n) is 4.17. The van der Waals surface area contributed by atoms with E-state index in [1.807, 2.05) is 6.92 Å². The smallest absolute Gasteiger partial charge is 0.277 e. The predicted molar refractivity (Wildman–Crippen MR) is 60.6 cm³/mol. The molecule has 1 aromatic rings. The molecule has 5 N–H and O–H groups in total. The number of H-pyrrole nitrogens is 1. The van der Waals surface area contributed by atoms with Gasteiger partial charge in [-0.1, -0.05) is 0 Å². The van der Waals surface area contributed by atoms with E-state index in [9.17, 15) is 4.79 Å². The number of aromatic nitrogens is 2. The van der Waals surface area contributed by atoms with Crippen LogP contribution < -0.4 is 21.9 Å². The first kappa shape index (κ1) is 10.4. The first-order valence-electron chi connectivity index (χ1n) is 5.37. The SMILES string of the molecule is CC1OOC1[C@H]1CNc2nc(N)[nH]c(=O)c2N1. The molecule has 2 aliphatic heterocycles. The minimum absolute atomic E-state index is 0.0108. The van der Waals surface area contributed by atoms with Crippen molar-refractivity contribution in [3.63, 3.8) is 0 Å². The number of fused-ring (bicyclic) bond motifs is 1. The lowest BCUT2D eigenvalue weighted by Crippen LogP contribution is -2.56. The Bertz CT molecular complexity index is 502. The Morgan fingerprint density at radius 3 is 2.94 bits per heavy atom. The van der Waals surface area contributed by atoms with Crippen LogP contribution in [0.1, 0.15) is 6.92 Å². The molecule has 0 aromatic carbocycles. The first-order valence-corrected chi connectivity index (χ1v) is 5.37. The van der Waals surface area contributed by atoms with Gasteiger partial charge in [0.05, 0.1) is 6.04 Å². The van der Waals surface area contributed by atoms with Gasteiger partial charge in [0.1, 0.15) is 17.9 Å². The highest BCUT2D eigenvalue weighted by atomic mass is 17.2. The molecule has 2 aliphatic rings. The number of hydrogen-bond donors (Lipinski definition) is 4. The Morgan fingerprint density at radius 2 is 2.29 bits per heavy atom. The Balaban J connectivity index is 1.87. The van der Waals surface area contributed by atoms with Gasteiger partial charge in [-0.05, 0) is 6.92 Å². The Hall–Kier alpha value is -1.80. The summed E-state index contributed by atoms with van der Waals surface area (Å²) in [6.07, 6.45) is -0.0655. The lowest BCUT2D eigenvalue weighted by molar-refractivity contribution is -0.461. The number of nitrogens with zero attached hydrogens (tertiary/aromatic N) is 1. The molecule has 1 aromatic heterocycles. The predicted octanol–water partition coefficient (Wildman–Crippen LogP) is -0.723. The maximum absolute atomic E-state index is 11.7. The lowest BCUT2D eigenvalue weighted by Gasteiger charge is -2.40. The van der Waals surface area contributed by atoms with E-state index < -0.39 is 0 Å². The first-order chi connectivity index (χ1) is 8.15. The maximum atomic E-state index is 11.7. The summed E-state index contributed by atoms with van der Waals surface area (Å²) in [7, 11) is 0. The van der Waals surface area contributed by atoms with Gasteiger partial charge in [0.15, 0.2) is 5.82 Å². The second kappa shape index (κ2) is 3.60. The van der Waals surface area contributed by atoms with E-state index in [2.05, 4.69) is 20.6 Å². The molecular formula is C9H13N5O3. The molecular weight excluding hydrogens is 226 g/mol. The second-order valence-corrected chi connectivity index (χ2v) is 4.17. The molecule has 3 heterocycles. The summed E-state index contributed by atoms with van der Waals surface area (Å²) in [5.74, 6) is 0.563. The van der Waals surface area contributed by atoms with Gasteiger partial charge in [-0.3, -0.25) is 9.78 Å². The monoisotopic (exact) mass is 239 g/mol. The van der Waals surface area contributed by atoms with Gasteiger partial charge in [0.25, 0.3) is 5.56 Å². The standard InChI is InChI=1S/C9H13N5O3/c1-3-6(17-16-3)4-2-11-7-5(12-4)8(15)14-9(10)13-7/h3-4,6,12H,2H2,1H3,(H4,10,11,13,14,15)/t3?,4-,6?/m1/s1. The third kappa shape index (κ3) is 1.61. The van der Waals surface area contributed by atoms with Crippen LogP contribution in [0.3, 0.4) is 0 Å². The molecule has 3 atom stereocenters. The Morgan fingerprint density at radius 1 is 1.47 bits per heavy atom. The number of aromatic amines is 1. The zero-order valence-electron chi connectivity index (χ0n) is 9.19. The van der Waals surface area contributed by atoms with E-state index in [1.54, 1.807) is 0 Å². The molecule has 8 heteroatoms. The fraction of sp³-hybridized carbons (Fsp3) is 0.556. The van der Waals surface area contributed by atoms with Gasteiger partial charge in [-0.2, -0.15) is 4.98 Å². The third-order valence-electron chi connectivity index (χ3n) is 2.93. The van der Waals surface area contributed by atoms with Crippen molar-refractivity contribution in [1.82, 2.24) is 9.97 Å². The average Bonchev–Trinajstić information content (AvgIpc) is 2.28. The van der Waals surface area contributed by atoms with Crippen LogP contribution in [0.25, 0.3) is 0 Å². The summed E-state index contributed by atoms with van der Waals surface area (Å²) in [6, 6.07) is -0.0298. The third-order valence-corrected chi connectivity index (χ3v) is 2.93. The molecule has 17 heavy (non-hydrogen) atoms. The minimum Gasteiger partial charge on any atom is -0.370 e. The van der Waals surface area contributed by atoms with Crippen molar-refractivity contribution in [3.05, 3.63) is 10.4 Å². The molecule has 0 spiro atoms. The highest BCUT2D eigenvalue weighted by molar-refractivity contribution is 5.67. The van der Waals surface area contributed by atoms with Crippen LogP contribution in [-0.2, 0) is 9.78 Å². The van der Waals surface area contributed by atoms with Crippen molar-refractivity contribution in [2.75, 3.05) is 22.9 Å². The minimum atomic E-state index is -0.294. The van der Waals surface area contributed by atoms with E-state index >= 15 is 0 Å². The van der Waals surface area contributed by atoms with Crippen molar-refractivity contribution in [2.45, 2.75) is 25.2 Å². The molecule has 0 amide bonds. The van der Waals surface area contributed by atoms with Crippen molar-refractivity contribution < 1.29 is 9.78 Å². The van der Waals surface area contributed by atoms with E-state index in [1.165, 1.54) is 0 Å². The number of anilines is 3. The van der Waals surface area contributed by atoms with Crippen LogP contribution in [0, 0.1) is 0 Å². The summed E-state index contributed by atoms with van der Waals surface area (Å²) in [6.45, 7) is 2.51. The van der Waals surface area contributed by atoms with Crippen molar-refractivity contribution in [1.29, 1.82) is 0 Å². The summed E-state index contributed by atoms with van der Waals surface area (Å²) in [5, 5.41) is 6.15. The number of hydrogen-bond acceptors (Lipinski definition) is 7. The number of rotatable bonds is 1. The zero-order valence-corrected chi connectivity index (χ0v) is 9.19. The van der Waals surface area contributed by atoms with E-state index in [0.29, 0.717) is 18.1 Å². The number of nitrogen functional groups attached to an aromatic ring is 1. The van der Waals surface area contributed by atoms with Gasteiger partial charge in [0.2, 0.25) is 5.95 Å². The molecule has 0 saturated carbocycles. The molecule has 2 unspecified atom stereocenters. The van der Waals surface area contributed by atoms with E-state index in [0.717, 1.165) is 0 Å². The lowest BCUT2D eigenvalue weighted by atomic mass is 10.0. The molecule has 92 valence electrons. The largest absolute Gasteiger partial charge is 0.370 e. The normalized spacial score (nSPS) is 30.8. The number of nitrogens with one attached hydrogen (secondary N) is 3. The van der Waals surface area contributed by atoms with Gasteiger partial charge in [-0.25, -0.2) is 9.78 Å². The fourth-order valence-corrected chi connectivity index (χ4v) is 2.02. The van der Waals surface area contributed by atoms with Crippen LogP contribution in [0.5, 0.6) is 0 Å². The Kier molecular flexibility index (Phi) is 2.20. The van der Waals surface area contributed by atoms with Gasteiger partial charge >= 0.3 is 0 Å². The van der Waals surface area contributed by atoms with Crippen molar-refractivity contribution in [3.8, 4) is 0 Å². The maximum Gasteiger partial charge on any atom is 0.277 e. The fourth-order valence-electron chi connectivity index (χ4n) is 2.02. The molecule has 0 aliphatic carbocycles. The quantitative estimate of drug-likeness (QED) is 0.478. The van der Waals surface area contributed by atoms with Crippen molar-refractivity contribution in [2.24, 2.45) is 0 Å². The van der Waals surface area contributed by atoms with Gasteiger partial charge < -0.3 is 16.4 Å². The summed E-state index contributed by atoms with van der Waals surface area (Å²) in [4.78, 5) is 28.0. The molecule has 1 saturated heterocycles. The topological polar surface area (TPSA) is 114 Å². The van der Waals surface area contributed by atoms with Crippen LogP contribution in [0.2, 0.25) is 0 Å². The molecule has 3 rings (SSSR count). The summed E-state index contributed by atoms with van der Waals surface area (Å²) < 4.78 is 0. The molecule has 8 nitrogen and oxygen atoms in total. The van der Waals surface area contributed by atoms with Crippen LogP contribution in [0.4, 0.5) is 17.5 Å². The molecule has 0 radical (unpaired) electrons. The van der Waals surface area contributed by atoms with Crippen molar-refractivity contribution >= 4 is 17.5 Å².